The van der Waals surface area contributed by atoms with Crippen LogP contribution in [-0.2, 0) is 0 Å². The van der Waals surface area contributed by atoms with E-state index in [0.717, 1.165) is 83.5 Å². The Kier molecular flexibility index (Phi) is 7.81. The first-order chi connectivity index (χ1) is 26.7. The molecule has 0 bridgehead atoms. The van der Waals surface area contributed by atoms with Crippen LogP contribution in [0, 0.1) is 0 Å². The molecule has 252 valence electrons. The fourth-order valence-electron chi connectivity index (χ4n) is 7.54. The second-order valence-electron chi connectivity index (χ2n) is 13.6. The Morgan fingerprint density at radius 1 is 0.241 bits per heavy atom. The van der Waals surface area contributed by atoms with Gasteiger partial charge in [-0.15, -0.1) is 0 Å². The molecule has 0 saturated heterocycles. The Morgan fingerprint density at radius 2 is 0.778 bits per heavy atom. The van der Waals surface area contributed by atoms with Crippen LogP contribution in [0.2, 0.25) is 0 Å². The average molecular weight is 688 g/mol. The van der Waals surface area contributed by atoms with Crippen molar-refractivity contribution >= 4 is 32.6 Å². The zero-order chi connectivity index (χ0) is 35.8. The third-order valence-corrected chi connectivity index (χ3v) is 10.2. The van der Waals surface area contributed by atoms with Crippen molar-refractivity contribution in [3.8, 4) is 67.3 Å². The fraction of sp³-hybridized carbons (Fsp3) is 0. The van der Waals surface area contributed by atoms with Gasteiger partial charge in [0.25, 0.3) is 0 Å². The van der Waals surface area contributed by atoms with Crippen molar-refractivity contribution in [3.05, 3.63) is 200 Å². The molecule has 10 aromatic rings. The summed E-state index contributed by atoms with van der Waals surface area (Å²) in [7, 11) is 0. The number of hydrogen-bond acceptors (Lipinski definition) is 3. The fourth-order valence-corrected chi connectivity index (χ4v) is 7.54. The van der Waals surface area contributed by atoms with Crippen LogP contribution in [0.25, 0.3) is 99.9 Å². The number of benzene rings is 7. The third kappa shape index (κ3) is 5.78. The summed E-state index contributed by atoms with van der Waals surface area (Å²) in [6, 6.07) is 70.3. The van der Waals surface area contributed by atoms with E-state index < -0.39 is 0 Å². The van der Waals surface area contributed by atoms with E-state index in [1.807, 2.05) is 12.1 Å². The normalized spacial score (nSPS) is 11.3. The molecule has 3 heterocycles. The number of rotatable bonds is 6. The predicted octanol–water partition coefficient (Wildman–Crippen LogP) is 13.3. The van der Waals surface area contributed by atoms with Crippen LogP contribution in [0.4, 0.5) is 0 Å². The molecule has 0 atom stereocenters. The van der Waals surface area contributed by atoms with Crippen molar-refractivity contribution in [2.24, 2.45) is 0 Å². The number of nitrogens with zero attached hydrogens (tertiary/aromatic N) is 3. The molecule has 0 N–H and O–H groups in total. The maximum Gasteiger partial charge on any atom is 0.0978 e. The molecule has 0 unspecified atom stereocenters. The van der Waals surface area contributed by atoms with Gasteiger partial charge in [-0.05, 0) is 63.4 Å². The summed E-state index contributed by atoms with van der Waals surface area (Å²) in [5.74, 6) is 0. The molecule has 0 fully saturated rings. The van der Waals surface area contributed by atoms with E-state index in [0.29, 0.717) is 0 Å². The highest BCUT2D eigenvalue weighted by atomic mass is 14.8. The molecule has 3 heteroatoms. The molecule has 0 spiro atoms. The van der Waals surface area contributed by atoms with Crippen molar-refractivity contribution in [1.29, 1.82) is 0 Å². The minimum Gasteiger partial charge on any atom is -0.248 e. The molecular formula is C51H33N3. The van der Waals surface area contributed by atoms with E-state index in [1.165, 1.54) is 16.3 Å². The van der Waals surface area contributed by atoms with E-state index in [9.17, 15) is 0 Å². The smallest absolute Gasteiger partial charge is 0.0978 e. The van der Waals surface area contributed by atoms with E-state index in [1.54, 1.807) is 0 Å². The molecule has 54 heavy (non-hydrogen) atoms. The molecular weight excluding hydrogens is 655 g/mol. The summed E-state index contributed by atoms with van der Waals surface area (Å²) >= 11 is 0. The first-order valence-corrected chi connectivity index (χ1v) is 18.3. The van der Waals surface area contributed by atoms with Gasteiger partial charge in [0.2, 0.25) is 0 Å². The van der Waals surface area contributed by atoms with Gasteiger partial charge in [0.1, 0.15) is 0 Å². The zero-order valence-corrected chi connectivity index (χ0v) is 29.4. The standard InChI is InChI=1S/C51H33N3/c1-4-14-34(15-5-1)41-31-47(36-17-6-2-7-18-36)52-48(32-41)40-23-12-22-39(30-40)46-29-27-38-26-28-44-45(43-25-13-21-35-16-10-11-24-42(35)43)33-49(37-19-8-3-9-20-37)54-51(44)50(38)53-46/h1-33H. The summed E-state index contributed by atoms with van der Waals surface area (Å²) in [5, 5.41) is 4.55. The van der Waals surface area contributed by atoms with Gasteiger partial charge in [-0.2, -0.15) is 0 Å². The zero-order valence-electron chi connectivity index (χ0n) is 29.4. The maximum absolute atomic E-state index is 5.39. The van der Waals surface area contributed by atoms with Crippen LogP contribution in [-0.4, -0.2) is 15.0 Å². The molecule has 3 aromatic heterocycles. The molecule has 7 aromatic carbocycles. The highest BCUT2D eigenvalue weighted by Gasteiger charge is 2.16. The summed E-state index contributed by atoms with van der Waals surface area (Å²) in [5.41, 5.74) is 14.2. The molecule has 0 aliphatic heterocycles. The minimum atomic E-state index is 0.880. The van der Waals surface area contributed by atoms with Crippen LogP contribution >= 0.6 is 0 Å². The van der Waals surface area contributed by atoms with E-state index in [2.05, 4.69) is 188 Å². The first kappa shape index (κ1) is 31.5. The van der Waals surface area contributed by atoms with Crippen molar-refractivity contribution in [1.82, 2.24) is 15.0 Å². The van der Waals surface area contributed by atoms with Gasteiger partial charge in [-0.3, -0.25) is 0 Å². The molecule has 0 saturated carbocycles. The van der Waals surface area contributed by atoms with Gasteiger partial charge >= 0.3 is 0 Å². The number of pyridine rings is 3. The Bertz CT molecular complexity index is 2910. The van der Waals surface area contributed by atoms with E-state index in [4.69, 9.17) is 15.0 Å². The summed E-state index contributed by atoms with van der Waals surface area (Å²) in [6.45, 7) is 0. The third-order valence-electron chi connectivity index (χ3n) is 10.2. The van der Waals surface area contributed by atoms with Gasteiger partial charge < -0.3 is 0 Å². The van der Waals surface area contributed by atoms with Crippen molar-refractivity contribution in [2.75, 3.05) is 0 Å². The second kappa shape index (κ2) is 13.4. The lowest BCUT2D eigenvalue weighted by molar-refractivity contribution is 1.32. The van der Waals surface area contributed by atoms with Gasteiger partial charge in [0.15, 0.2) is 0 Å². The van der Waals surface area contributed by atoms with Crippen LogP contribution < -0.4 is 0 Å². The van der Waals surface area contributed by atoms with Crippen LogP contribution in [0.1, 0.15) is 0 Å². The van der Waals surface area contributed by atoms with Crippen LogP contribution in [0.15, 0.2) is 200 Å². The Hall–Kier alpha value is -7.23. The van der Waals surface area contributed by atoms with Crippen molar-refractivity contribution < 1.29 is 0 Å². The molecule has 0 amide bonds. The number of hydrogen-bond donors (Lipinski definition) is 0. The average Bonchev–Trinajstić information content (AvgIpc) is 3.26. The SMILES string of the molecule is c1ccc(-c2cc(-c3ccccc3)nc(-c3cccc(-c4ccc5ccc6c(-c7cccc8ccccc78)cc(-c7ccccc7)nc6c5n4)c3)c2)cc1. The summed E-state index contributed by atoms with van der Waals surface area (Å²) < 4.78 is 0. The molecule has 3 nitrogen and oxygen atoms in total. The van der Waals surface area contributed by atoms with Crippen LogP contribution in [0.5, 0.6) is 0 Å². The summed E-state index contributed by atoms with van der Waals surface area (Å²) in [6.07, 6.45) is 0. The number of aromatic nitrogens is 3. The monoisotopic (exact) mass is 687 g/mol. The van der Waals surface area contributed by atoms with Gasteiger partial charge in [-0.25, -0.2) is 15.0 Å². The highest BCUT2D eigenvalue weighted by Crippen LogP contribution is 2.39. The number of fused-ring (bicyclic) bond motifs is 4. The first-order valence-electron chi connectivity index (χ1n) is 18.3. The lowest BCUT2D eigenvalue weighted by Gasteiger charge is -2.15. The van der Waals surface area contributed by atoms with E-state index in [-0.39, 0.29) is 0 Å². The Balaban J connectivity index is 1.15. The van der Waals surface area contributed by atoms with Crippen molar-refractivity contribution in [3.63, 3.8) is 0 Å². The highest BCUT2D eigenvalue weighted by molar-refractivity contribution is 6.12. The summed E-state index contributed by atoms with van der Waals surface area (Å²) in [4.78, 5) is 15.9. The Morgan fingerprint density at radius 3 is 1.52 bits per heavy atom. The van der Waals surface area contributed by atoms with Gasteiger partial charge in [0, 0.05) is 33.0 Å². The van der Waals surface area contributed by atoms with Gasteiger partial charge in [0.05, 0.1) is 33.8 Å². The second-order valence-corrected chi connectivity index (χ2v) is 13.6. The quantitative estimate of drug-likeness (QED) is 0.163. The predicted molar refractivity (Wildman–Crippen MR) is 225 cm³/mol. The topological polar surface area (TPSA) is 38.7 Å². The van der Waals surface area contributed by atoms with Crippen LogP contribution in [0.3, 0.4) is 0 Å². The molecule has 10 rings (SSSR count). The van der Waals surface area contributed by atoms with E-state index >= 15 is 0 Å². The molecule has 0 aliphatic rings. The maximum atomic E-state index is 5.39. The molecule has 0 aliphatic carbocycles. The minimum absolute atomic E-state index is 0.880. The van der Waals surface area contributed by atoms with Crippen molar-refractivity contribution in [2.45, 2.75) is 0 Å². The molecule has 0 radical (unpaired) electrons. The Labute approximate surface area is 313 Å². The lowest BCUT2D eigenvalue weighted by Crippen LogP contribution is -1.94. The van der Waals surface area contributed by atoms with Gasteiger partial charge in [-0.1, -0.05) is 170 Å². The largest absolute Gasteiger partial charge is 0.248 e. The lowest BCUT2D eigenvalue weighted by atomic mass is 9.93.